The van der Waals surface area contributed by atoms with Crippen LogP contribution >= 0.6 is 0 Å². The Balaban J connectivity index is 1.50. The summed E-state index contributed by atoms with van der Waals surface area (Å²) in [5.41, 5.74) is 0.845. The third-order valence-electron chi connectivity index (χ3n) is 5.06. The zero-order valence-electron chi connectivity index (χ0n) is 15.6. The molecule has 5 nitrogen and oxygen atoms in total. The topological polar surface area (TPSA) is 53.5 Å². The second kappa shape index (κ2) is 8.12. The Labute approximate surface area is 166 Å². The van der Waals surface area contributed by atoms with Crippen LogP contribution in [0.3, 0.4) is 0 Å². The first-order valence-corrected chi connectivity index (χ1v) is 10.9. The summed E-state index contributed by atoms with van der Waals surface area (Å²) >= 11 is 0. The Bertz CT molecular complexity index is 1020. The third kappa shape index (κ3) is 3.93. The smallest absolute Gasteiger partial charge is 0.206 e. The molecule has 0 radical (unpaired) electrons. The van der Waals surface area contributed by atoms with Crippen molar-refractivity contribution in [2.45, 2.75) is 16.3 Å². The molecule has 0 unspecified atom stereocenters. The van der Waals surface area contributed by atoms with E-state index in [1.165, 1.54) is 0 Å². The van der Waals surface area contributed by atoms with E-state index in [1.54, 1.807) is 36.4 Å². The highest BCUT2D eigenvalue weighted by molar-refractivity contribution is 7.91. The Morgan fingerprint density at radius 3 is 2.18 bits per heavy atom. The molecule has 1 aliphatic heterocycles. The number of pyridine rings is 1. The molecule has 0 amide bonds. The van der Waals surface area contributed by atoms with Gasteiger partial charge in [-0.1, -0.05) is 42.5 Å². The van der Waals surface area contributed by atoms with Crippen molar-refractivity contribution in [1.29, 1.82) is 0 Å². The van der Waals surface area contributed by atoms with E-state index in [4.69, 9.17) is 0 Å². The maximum Gasteiger partial charge on any atom is 0.206 e. The summed E-state index contributed by atoms with van der Waals surface area (Å²) in [7, 11) is -3.52. The van der Waals surface area contributed by atoms with Gasteiger partial charge in [-0.15, -0.1) is 0 Å². The summed E-state index contributed by atoms with van der Waals surface area (Å²) < 4.78 is 26.2. The molecule has 3 aromatic rings. The number of hydrogen-bond donors (Lipinski definition) is 0. The van der Waals surface area contributed by atoms with Gasteiger partial charge in [-0.2, -0.15) is 0 Å². The van der Waals surface area contributed by atoms with Crippen LogP contribution in [0.5, 0.6) is 0 Å². The first-order valence-electron chi connectivity index (χ1n) is 9.41. The average molecular weight is 394 g/mol. The van der Waals surface area contributed by atoms with E-state index in [-0.39, 0.29) is 0 Å². The highest BCUT2D eigenvalue weighted by atomic mass is 32.2. The van der Waals surface area contributed by atoms with E-state index in [2.05, 4.69) is 14.8 Å². The number of aromatic nitrogens is 1. The zero-order chi connectivity index (χ0) is 19.4. The minimum absolute atomic E-state index is 0.336. The number of anilines is 1. The van der Waals surface area contributed by atoms with Gasteiger partial charge in [-0.3, -0.25) is 4.90 Å². The molecule has 0 atom stereocenters. The van der Waals surface area contributed by atoms with Crippen molar-refractivity contribution >= 4 is 15.7 Å². The van der Waals surface area contributed by atoms with Gasteiger partial charge in [0.1, 0.15) is 5.82 Å². The number of benzene rings is 2. The molecule has 4 rings (SSSR count). The van der Waals surface area contributed by atoms with E-state index < -0.39 is 9.84 Å². The third-order valence-corrected chi connectivity index (χ3v) is 6.93. The molecule has 1 fully saturated rings. The monoisotopic (exact) mass is 393 g/mol. The second-order valence-corrected chi connectivity index (χ2v) is 8.79. The molecular weight excluding hydrogens is 370 g/mol. The summed E-state index contributed by atoms with van der Waals surface area (Å²) in [5, 5.41) is 0. The van der Waals surface area contributed by atoms with Gasteiger partial charge in [0.2, 0.25) is 9.84 Å². The van der Waals surface area contributed by atoms with Crippen molar-refractivity contribution in [1.82, 2.24) is 9.88 Å². The lowest BCUT2D eigenvalue weighted by atomic mass is 10.2. The number of hydrogen-bond acceptors (Lipinski definition) is 5. The molecule has 28 heavy (non-hydrogen) atoms. The lowest BCUT2D eigenvalue weighted by molar-refractivity contribution is 0.247. The van der Waals surface area contributed by atoms with Gasteiger partial charge >= 0.3 is 0 Å². The van der Waals surface area contributed by atoms with E-state index in [9.17, 15) is 8.42 Å². The summed E-state index contributed by atoms with van der Waals surface area (Å²) in [4.78, 5) is 9.72. The fourth-order valence-corrected chi connectivity index (χ4v) is 5.04. The van der Waals surface area contributed by atoms with Gasteiger partial charge in [0.15, 0.2) is 0 Å². The molecule has 6 heteroatoms. The quantitative estimate of drug-likeness (QED) is 0.666. The highest BCUT2D eigenvalue weighted by Crippen LogP contribution is 2.25. The maximum atomic E-state index is 13.1. The van der Waals surface area contributed by atoms with Crippen LogP contribution in [0.25, 0.3) is 0 Å². The number of rotatable bonds is 5. The van der Waals surface area contributed by atoms with Gasteiger partial charge in [-0.05, 0) is 35.9 Å². The van der Waals surface area contributed by atoms with Gasteiger partial charge < -0.3 is 4.90 Å². The van der Waals surface area contributed by atoms with Gasteiger partial charge in [0.25, 0.3) is 0 Å². The second-order valence-electron chi connectivity index (χ2n) is 6.88. The first kappa shape index (κ1) is 18.7. The summed E-state index contributed by atoms with van der Waals surface area (Å²) in [6, 6.07) is 21.9. The average Bonchev–Trinajstić information content (AvgIpc) is 2.76. The predicted octanol–water partition coefficient (Wildman–Crippen LogP) is 3.24. The largest absolute Gasteiger partial charge is 0.354 e. The van der Waals surface area contributed by atoms with E-state index in [0.29, 0.717) is 16.3 Å². The molecular formula is C22H23N3O2S. The number of sulfone groups is 1. The van der Waals surface area contributed by atoms with Crippen LogP contribution in [-0.4, -0.2) is 44.5 Å². The van der Waals surface area contributed by atoms with Crippen molar-refractivity contribution in [3.8, 4) is 0 Å². The standard InChI is InChI=1S/C22H23N3O2S/c26-28(27,20-9-2-1-3-10-20)21-11-5-4-8-19(21)18-24-14-16-25(17-15-24)22-12-6-7-13-23-22/h1-13H,14-18H2. The van der Waals surface area contributed by atoms with Crippen LogP contribution in [0.15, 0.2) is 88.8 Å². The fourth-order valence-electron chi connectivity index (χ4n) is 3.54. The Morgan fingerprint density at radius 2 is 1.46 bits per heavy atom. The van der Waals surface area contributed by atoms with Crippen LogP contribution in [0, 0.1) is 0 Å². The Morgan fingerprint density at radius 1 is 0.786 bits per heavy atom. The summed E-state index contributed by atoms with van der Waals surface area (Å²) in [6.45, 7) is 4.13. The zero-order valence-corrected chi connectivity index (χ0v) is 16.4. The van der Waals surface area contributed by atoms with E-state index >= 15 is 0 Å². The van der Waals surface area contributed by atoms with Crippen molar-refractivity contribution in [3.05, 3.63) is 84.6 Å². The number of piperazine rings is 1. The van der Waals surface area contributed by atoms with Crippen molar-refractivity contribution in [3.63, 3.8) is 0 Å². The van der Waals surface area contributed by atoms with Gasteiger partial charge in [0.05, 0.1) is 9.79 Å². The van der Waals surface area contributed by atoms with Crippen LogP contribution < -0.4 is 4.90 Å². The van der Waals surface area contributed by atoms with Crippen LogP contribution in [0.4, 0.5) is 5.82 Å². The minimum atomic E-state index is -3.52. The van der Waals surface area contributed by atoms with Crippen molar-refractivity contribution < 1.29 is 8.42 Å². The molecule has 0 bridgehead atoms. The molecule has 0 saturated carbocycles. The molecule has 1 saturated heterocycles. The summed E-state index contributed by atoms with van der Waals surface area (Å²) in [5.74, 6) is 0.995. The van der Waals surface area contributed by atoms with Gasteiger partial charge in [-0.25, -0.2) is 13.4 Å². The molecule has 0 N–H and O–H groups in total. The molecule has 0 spiro atoms. The molecule has 2 aromatic carbocycles. The lowest BCUT2D eigenvalue weighted by Crippen LogP contribution is -2.46. The molecule has 2 heterocycles. The van der Waals surface area contributed by atoms with Crippen molar-refractivity contribution in [2.24, 2.45) is 0 Å². The molecule has 1 aliphatic rings. The maximum absolute atomic E-state index is 13.1. The SMILES string of the molecule is O=S(=O)(c1ccccc1)c1ccccc1CN1CCN(c2ccccn2)CC1. The minimum Gasteiger partial charge on any atom is -0.354 e. The van der Waals surface area contributed by atoms with Gasteiger partial charge in [0, 0.05) is 38.9 Å². The van der Waals surface area contributed by atoms with E-state index in [1.807, 2.05) is 42.6 Å². The molecule has 1 aromatic heterocycles. The lowest BCUT2D eigenvalue weighted by Gasteiger charge is -2.35. The normalized spacial score (nSPS) is 15.5. The fraction of sp³-hybridized carbons (Fsp3) is 0.227. The summed E-state index contributed by atoms with van der Waals surface area (Å²) in [6.07, 6.45) is 1.81. The Kier molecular flexibility index (Phi) is 5.41. The van der Waals surface area contributed by atoms with E-state index in [0.717, 1.165) is 37.6 Å². The predicted molar refractivity (Wildman–Crippen MR) is 110 cm³/mol. The van der Waals surface area contributed by atoms with Crippen LogP contribution in [0.2, 0.25) is 0 Å². The highest BCUT2D eigenvalue weighted by Gasteiger charge is 2.23. The van der Waals surface area contributed by atoms with Crippen LogP contribution in [-0.2, 0) is 16.4 Å². The first-order chi connectivity index (χ1) is 13.6. The molecule has 0 aliphatic carbocycles. The van der Waals surface area contributed by atoms with Crippen molar-refractivity contribution in [2.75, 3.05) is 31.1 Å². The Hall–Kier alpha value is -2.70. The van der Waals surface area contributed by atoms with Crippen LogP contribution in [0.1, 0.15) is 5.56 Å². The number of nitrogens with zero attached hydrogens (tertiary/aromatic N) is 3. The molecule has 144 valence electrons.